The van der Waals surface area contributed by atoms with Crippen molar-refractivity contribution in [2.45, 2.75) is 33.1 Å². The first-order valence-electron chi connectivity index (χ1n) is 7.24. The lowest BCUT2D eigenvalue weighted by Gasteiger charge is -2.23. The number of hydrogen-bond acceptors (Lipinski definition) is 3. The number of rotatable bonds is 3. The Balaban J connectivity index is 2.30. The molecule has 0 unspecified atom stereocenters. The Morgan fingerprint density at radius 3 is 2.29 bits per heavy atom. The summed E-state index contributed by atoms with van der Waals surface area (Å²) in [5.41, 5.74) is 6.24. The summed E-state index contributed by atoms with van der Waals surface area (Å²) in [5.74, 6) is 5.49. The van der Waals surface area contributed by atoms with E-state index in [1.807, 2.05) is 13.8 Å². The van der Waals surface area contributed by atoms with Crippen LogP contribution in [0.15, 0.2) is 24.3 Å². The molecule has 2 rings (SSSR count). The van der Waals surface area contributed by atoms with Crippen LogP contribution in [0.5, 0.6) is 0 Å². The number of nitrogens with two attached hydrogens (primary N) is 1. The van der Waals surface area contributed by atoms with E-state index in [0.29, 0.717) is 31.5 Å². The average molecular weight is 284 g/mol. The number of carbonyl (C=O) groups is 2. The molecule has 0 radical (unpaired) electrons. The molecule has 1 aliphatic rings. The minimum Gasteiger partial charge on any atom is -0.320 e. The lowest BCUT2D eigenvalue weighted by molar-refractivity contribution is -0.126. The summed E-state index contributed by atoms with van der Waals surface area (Å²) >= 11 is 0. The summed E-state index contributed by atoms with van der Waals surface area (Å²) in [6, 6.07) is 7.13. The van der Waals surface area contributed by atoms with Crippen LogP contribution < -0.4 is 10.6 Å². The molecule has 4 nitrogen and oxygen atoms in total. The Labute approximate surface area is 125 Å². The highest BCUT2D eigenvalue weighted by Crippen LogP contribution is 2.41. The van der Waals surface area contributed by atoms with Crippen LogP contribution in [0, 0.1) is 17.3 Å². The van der Waals surface area contributed by atoms with Crippen molar-refractivity contribution in [1.82, 2.24) is 0 Å². The Bertz CT molecular complexity index is 604. The number of anilines is 1. The van der Waals surface area contributed by atoms with Crippen molar-refractivity contribution >= 4 is 17.5 Å². The van der Waals surface area contributed by atoms with Crippen LogP contribution in [-0.2, 0) is 9.59 Å². The van der Waals surface area contributed by atoms with Crippen LogP contribution in [0.3, 0.4) is 0 Å². The van der Waals surface area contributed by atoms with E-state index < -0.39 is 5.41 Å². The molecule has 1 aliphatic heterocycles. The van der Waals surface area contributed by atoms with E-state index in [1.165, 1.54) is 4.90 Å². The molecule has 2 amide bonds. The van der Waals surface area contributed by atoms with E-state index in [4.69, 9.17) is 5.73 Å². The summed E-state index contributed by atoms with van der Waals surface area (Å²) in [4.78, 5) is 26.2. The highest BCUT2D eigenvalue weighted by molar-refractivity contribution is 6.22. The molecular weight excluding hydrogens is 264 g/mol. The first kappa shape index (κ1) is 15.3. The van der Waals surface area contributed by atoms with Gasteiger partial charge in [0, 0.05) is 12.0 Å². The summed E-state index contributed by atoms with van der Waals surface area (Å²) in [5, 5.41) is 0. The van der Waals surface area contributed by atoms with E-state index >= 15 is 0 Å². The third-order valence-corrected chi connectivity index (χ3v) is 4.21. The van der Waals surface area contributed by atoms with Crippen LogP contribution >= 0.6 is 0 Å². The topological polar surface area (TPSA) is 63.4 Å². The molecule has 1 aromatic rings. The molecule has 0 spiro atoms. The van der Waals surface area contributed by atoms with Crippen molar-refractivity contribution in [3.63, 3.8) is 0 Å². The van der Waals surface area contributed by atoms with E-state index in [-0.39, 0.29) is 11.8 Å². The van der Waals surface area contributed by atoms with Gasteiger partial charge in [0.2, 0.25) is 11.8 Å². The van der Waals surface area contributed by atoms with Crippen molar-refractivity contribution in [3.05, 3.63) is 29.8 Å². The zero-order valence-corrected chi connectivity index (χ0v) is 12.5. The number of carbonyl (C=O) groups excluding carboxylic acids is 2. The summed E-state index contributed by atoms with van der Waals surface area (Å²) in [7, 11) is 0. The van der Waals surface area contributed by atoms with Gasteiger partial charge in [0.25, 0.3) is 0 Å². The SMILES string of the molecule is CCC1(CC)CC(=O)N(c2ccc(C#CCN)cc2)C1=O. The maximum absolute atomic E-state index is 12.6. The molecule has 1 aromatic carbocycles. The molecule has 21 heavy (non-hydrogen) atoms. The molecule has 110 valence electrons. The predicted molar refractivity (Wildman–Crippen MR) is 82.5 cm³/mol. The van der Waals surface area contributed by atoms with Gasteiger partial charge >= 0.3 is 0 Å². The fraction of sp³-hybridized carbons (Fsp3) is 0.412. The minimum atomic E-state index is -0.533. The molecule has 0 aromatic heterocycles. The fourth-order valence-corrected chi connectivity index (χ4v) is 2.71. The summed E-state index contributed by atoms with van der Waals surface area (Å²) < 4.78 is 0. The smallest absolute Gasteiger partial charge is 0.240 e. The lowest BCUT2D eigenvalue weighted by atomic mass is 9.81. The zero-order chi connectivity index (χ0) is 15.5. The maximum Gasteiger partial charge on any atom is 0.240 e. The van der Waals surface area contributed by atoms with Crippen LogP contribution in [-0.4, -0.2) is 18.4 Å². The third-order valence-electron chi connectivity index (χ3n) is 4.21. The third kappa shape index (κ3) is 2.70. The molecule has 0 aliphatic carbocycles. The maximum atomic E-state index is 12.6. The van der Waals surface area contributed by atoms with Gasteiger partial charge in [-0.1, -0.05) is 25.7 Å². The van der Waals surface area contributed by atoms with Gasteiger partial charge in [0.1, 0.15) is 0 Å². The molecule has 1 saturated heterocycles. The standard InChI is InChI=1S/C17H20N2O2/c1-3-17(4-2)12-15(20)19(16(17)21)14-9-7-13(8-10-14)6-5-11-18/h7-10H,3-4,11-12,18H2,1-2H3. The van der Waals surface area contributed by atoms with Gasteiger partial charge in [-0.05, 0) is 37.1 Å². The first-order valence-corrected chi connectivity index (χ1v) is 7.24. The monoisotopic (exact) mass is 284 g/mol. The van der Waals surface area contributed by atoms with Crippen LogP contribution in [0.25, 0.3) is 0 Å². The molecule has 0 bridgehead atoms. The van der Waals surface area contributed by atoms with Gasteiger partial charge < -0.3 is 5.73 Å². The minimum absolute atomic E-state index is 0.0849. The number of hydrogen-bond donors (Lipinski definition) is 1. The van der Waals surface area contributed by atoms with Crippen LogP contribution in [0.2, 0.25) is 0 Å². The van der Waals surface area contributed by atoms with Gasteiger partial charge in [0.15, 0.2) is 0 Å². The summed E-state index contributed by atoms with van der Waals surface area (Å²) in [6.45, 7) is 4.23. The Hall–Kier alpha value is -2.12. The quantitative estimate of drug-likeness (QED) is 0.682. The van der Waals surface area contributed by atoms with Crippen LogP contribution in [0.4, 0.5) is 5.69 Å². The second kappa shape index (κ2) is 6.11. The largest absolute Gasteiger partial charge is 0.320 e. The van der Waals surface area contributed by atoms with E-state index in [9.17, 15) is 9.59 Å². The normalized spacial score (nSPS) is 16.8. The Kier molecular flexibility index (Phi) is 4.44. The van der Waals surface area contributed by atoms with Gasteiger partial charge in [0.05, 0.1) is 17.6 Å². The zero-order valence-electron chi connectivity index (χ0n) is 12.5. The average Bonchev–Trinajstić information content (AvgIpc) is 2.77. The highest BCUT2D eigenvalue weighted by Gasteiger charge is 2.49. The fourth-order valence-electron chi connectivity index (χ4n) is 2.71. The second-order valence-electron chi connectivity index (χ2n) is 5.25. The number of nitrogens with zero attached hydrogens (tertiary/aromatic N) is 1. The predicted octanol–water partition coefficient (Wildman–Crippen LogP) is 2.07. The van der Waals surface area contributed by atoms with Crippen molar-refractivity contribution in [2.24, 2.45) is 11.1 Å². The van der Waals surface area contributed by atoms with Crippen LogP contribution in [0.1, 0.15) is 38.7 Å². The number of imide groups is 1. The van der Waals surface area contributed by atoms with Gasteiger partial charge in [-0.15, -0.1) is 0 Å². The van der Waals surface area contributed by atoms with Crippen molar-refractivity contribution < 1.29 is 9.59 Å². The molecule has 1 heterocycles. The van der Waals surface area contributed by atoms with Gasteiger partial charge in [-0.2, -0.15) is 0 Å². The molecule has 4 heteroatoms. The molecular formula is C17H20N2O2. The number of benzene rings is 1. The van der Waals surface area contributed by atoms with E-state index in [0.717, 1.165) is 5.56 Å². The number of amides is 2. The lowest BCUT2D eigenvalue weighted by Crippen LogP contribution is -2.35. The molecule has 0 atom stereocenters. The van der Waals surface area contributed by atoms with E-state index in [1.54, 1.807) is 24.3 Å². The molecule has 0 saturated carbocycles. The molecule has 1 fully saturated rings. The van der Waals surface area contributed by atoms with E-state index in [2.05, 4.69) is 11.8 Å². The Morgan fingerprint density at radius 1 is 1.19 bits per heavy atom. The highest BCUT2D eigenvalue weighted by atomic mass is 16.2. The first-order chi connectivity index (χ1) is 10.1. The van der Waals surface area contributed by atoms with Gasteiger partial charge in [-0.25, -0.2) is 0 Å². The Morgan fingerprint density at radius 2 is 1.81 bits per heavy atom. The summed E-state index contributed by atoms with van der Waals surface area (Å²) in [6.07, 6.45) is 1.67. The second-order valence-corrected chi connectivity index (χ2v) is 5.25. The van der Waals surface area contributed by atoms with Crippen molar-refractivity contribution in [2.75, 3.05) is 11.4 Å². The van der Waals surface area contributed by atoms with Gasteiger partial charge in [-0.3, -0.25) is 14.5 Å². The van der Waals surface area contributed by atoms with Crippen molar-refractivity contribution in [1.29, 1.82) is 0 Å². The van der Waals surface area contributed by atoms with Crippen molar-refractivity contribution in [3.8, 4) is 11.8 Å². The molecule has 2 N–H and O–H groups in total.